The van der Waals surface area contributed by atoms with Gasteiger partial charge >= 0.3 is 0 Å². The molecule has 2 N–H and O–H groups in total. The lowest BCUT2D eigenvalue weighted by atomic mass is 9.94. The molecule has 2 rings (SSSR count). The molecule has 5 heteroatoms. The predicted molar refractivity (Wildman–Crippen MR) is 85.8 cm³/mol. The molecule has 1 aliphatic carbocycles. The average molecular weight is 304 g/mol. The van der Waals surface area contributed by atoms with Crippen LogP contribution in [0.3, 0.4) is 0 Å². The molecule has 2 amide bonds. The molecule has 1 aromatic rings. The Kier molecular flexibility index (Phi) is 5.55. The Labute approximate surface area is 131 Å². The van der Waals surface area contributed by atoms with Crippen molar-refractivity contribution < 1.29 is 14.3 Å². The van der Waals surface area contributed by atoms with Crippen LogP contribution in [0.1, 0.15) is 38.2 Å². The molecule has 22 heavy (non-hydrogen) atoms. The van der Waals surface area contributed by atoms with Gasteiger partial charge in [-0.2, -0.15) is 0 Å². The fourth-order valence-electron chi connectivity index (χ4n) is 2.48. The number of hydrogen-bond donors (Lipinski definition) is 2. The van der Waals surface area contributed by atoms with Crippen LogP contribution in [0.25, 0.3) is 0 Å². The highest BCUT2D eigenvalue weighted by Gasteiger charge is 2.50. The van der Waals surface area contributed by atoms with Crippen LogP contribution in [-0.4, -0.2) is 32.1 Å². The SMILES string of the molecule is CCC(=O)Nc1ccc(C2(C(=O)NCCCOC)CC2)cc1. The van der Waals surface area contributed by atoms with Gasteiger partial charge in [-0.1, -0.05) is 19.1 Å². The predicted octanol–water partition coefficient (Wildman–Crippen LogP) is 2.22. The number of nitrogens with one attached hydrogen (secondary N) is 2. The first kappa shape index (κ1) is 16.5. The number of benzene rings is 1. The number of carbonyl (C=O) groups excluding carboxylic acids is 2. The van der Waals surface area contributed by atoms with Crippen molar-refractivity contribution in [3.8, 4) is 0 Å². The molecule has 0 saturated heterocycles. The second kappa shape index (κ2) is 7.40. The van der Waals surface area contributed by atoms with Gasteiger partial charge in [-0.3, -0.25) is 9.59 Å². The fourth-order valence-corrected chi connectivity index (χ4v) is 2.48. The van der Waals surface area contributed by atoms with Crippen LogP contribution in [0.2, 0.25) is 0 Å². The second-order valence-electron chi connectivity index (χ2n) is 5.66. The number of anilines is 1. The van der Waals surface area contributed by atoms with E-state index in [2.05, 4.69) is 10.6 Å². The maximum absolute atomic E-state index is 12.4. The largest absolute Gasteiger partial charge is 0.385 e. The lowest BCUT2D eigenvalue weighted by molar-refractivity contribution is -0.123. The summed E-state index contributed by atoms with van der Waals surface area (Å²) in [4.78, 5) is 23.7. The third kappa shape index (κ3) is 3.85. The monoisotopic (exact) mass is 304 g/mol. The Hall–Kier alpha value is -1.88. The minimum absolute atomic E-state index is 0.00947. The third-order valence-electron chi connectivity index (χ3n) is 4.04. The van der Waals surface area contributed by atoms with E-state index >= 15 is 0 Å². The van der Waals surface area contributed by atoms with E-state index in [0.29, 0.717) is 19.6 Å². The molecule has 1 aromatic carbocycles. The van der Waals surface area contributed by atoms with Crippen molar-refractivity contribution in [1.29, 1.82) is 0 Å². The van der Waals surface area contributed by atoms with Crippen molar-refractivity contribution in [3.63, 3.8) is 0 Å². The lowest BCUT2D eigenvalue weighted by Crippen LogP contribution is -2.35. The van der Waals surface area contributed by atoms with E-state index in [-0.39, 0.29) is 17.2 Å². The van der Waals surface area contributed by atoms with E-state index in [1.807, 2.05) is 31.2 Å². The zero-order valence-electron chi connectivity index (χ0n) is 13.3. The zero-order valence-corrected chi connectivity index (χ0v) is 13.3. The molecule has 0 heterocycles. The van der Waals surface area contributed by atoms with Crippen LogP contribution in [0.4, 0.5) is 5.69 Å². The minimum Gasteiger partial charge on any atom is -0.385 e. The summed E-state index contributed by atoms with van der Waals surface area (Å²) in [6, 6.07) is 7.60. The van der Waals surface area contributed by atoms with E-state index < -0.39 is 0 Å². The normalized spacial score (nSPS) is 15.2. The van der Waals surface area contributed by atoms with E-state index in [0.717, 1.165) is 30.5 Å². The molecule has 120 valence electrons. The summed E-state index contributed by atoms with van der Waals surface area (Å²) in [6.07, 6.45) is 3.03. The van der Waals surface area contributed by atoms with Crippen molar-refractivity contribution in [2.75, 3.05) is 25.6 Å². The summed E-state index contributed by atoms with van der Waals surface area (Å²) in [7, 11) is 1.66. The van der Waals surface area contributed by atoms with Gasteiger partial charge in [-0.15, -0.1) is 0 Å². The number of methoxy groups -OCH3 is 1. The van der Waals surface area contributed by atoms with Gasteiger partial charge in [0, 0.05) is 32.4 Å². The fraction of sp³-hybridized carbons (Fsp3) is 0.529. The van der Waals surface area contributed by atoms with Gasteiger partial charge in [0.25, 0.3) is 0 Å². The number of rotatable bonds is 8. The number of amides is 2. The molecule has 0 unspecified atom stereocenters. The Bertz CT molecular complexity index is 521. The number of ether oxygens (including phenoxy) is 1. The van der Waals surface area contributed by atoms with Crippen molar-refractivity contribution in [2.45, 2.75) is 38.0 Å². The first-order valence-corrected chi connectivity index (χ1v) is 7.80. The van der Waals surface area contributed by atoms with Gasteiger partial charge in [0.2, 0.25) is 11.8 Å². The highest BCUT2D eigenvalue weighted by Crippen LogP contribution is 2.48. The quantitative estimate of drug-likeness (QED) is 0.724. The molecule has 0 atom stereocenters. The van der Waals surface area contributed by atoms with Crippen molar-refractivity contribution in [2.24, 2.45) is 0 Å². The average Bonchev–Trinajstić information content (AvgIpc) is 3.34. The molecule has 0 radical (unpaired) electrons. The highest BCUT2D eigenvalue weighted by atomic mass is 16.5. The summed E-state index contributed by atoms with van der Waals surface area (Å²) in [6.45, 7) is 3.11. The summed E-state index contributed by atoms with van der Waals surface area (Å²) >= 11 is 0. The van der Waals surface area contributed by atoms with Crippen LogP contribution >= 0.6 is 0 Å². The van der Waals surface area contributed by atoms with Crippen LogP contribution in [0, 0.1) is 0 Å². The Morgan fingerprint density at radius 2 is 1.91 bits per heavy atom. The van der Waals surface area contributed by atoms with Crippen molar-refractivity contribution in [1.82, 2.24) is 5.32 Å². The van der Waals surface area contributed by atoms with Gasteiger partial charge < -0.3 is 15.4 Å². The molecule has 0 aromatic heterocycles. The molecule has 0 bridgehead atoms. The zero-order chi connectivity index (χ0) is 16.0. The van der Waals surface area contributed by atoms with Crippen molar-refractivity contribution >= 4 is 17.5 Å². The van der Waals surface area contributed by atoms with Gasteiger partial charge in [0.15, 0.2) is 0 Å². The smallest absolute Gasteiger partial charge is 0.230 e. The Morgan fingerprint density at radius 1 is 1.23 bits per heavy atom. The summed E-state index contributed by atoms with van der Waals surface area (Å²) in [5.74, 6) is 0.0821. The molecule has 1 saturated carbocycles. The molecule has 5 nitrogen and oxygen atoms in total. The lowest BCUT2D eigenvalue weighted by Gasteiger charge is -2.16. The third-order valence-corrected chi connectivity index (χ3v) is 4.04. The molecular formula is C17H24N2O3. The Morgan fingerprint density at radius 3 is 2.45 bits per heavy atom. The maximum atomic E-state index is 12.4. The number of hydrogen-bond acceptors (Lipinski definition) is 3. The summed E-state index contributed by atoms with van der Waals surface area (Å²) in [5, 5.41) is 5.80. The first-order valence-electron chi connectivity index (χ1n) is 7.80. The molecule has 0 spiro atoms. The Balaban J connectivity index is 1.95. The molecular weight excluding hydrogens is 280 g/mol. The maximum Gasteiger partial charge on any atom is 0.230 e. The highest BCUT2D eigenvalue weighted by molar-refractivity contribution is 5.92. The topological polar surface area (TPSA) is 67.4 Å². The van der Waals surface area contributed by atoms with E-state index in [1.165, 1.54) is 0 Å². The molecule has 0 aliphatic heterocycles. The minimum atomic E-state index is -0.375. The molecule has 1 aliphatic rings. The van der Waals surface area contributed by atoms with Gasteiger partial charge in [0.05, 0.1) is 5.41 Å². The van der Waals surface area contributed by atoms with Gasteiger partial charge in [0.1, 0.15) is 0 Å². The summed E-state index contributed by atoms with van der Waals surface area (Å²) < 4.78 is 4.98. The second-order valence-corrected chi connectivity index (χ2v) is 5.66. The van der Waals surface area contributed by atoms with E-state index in [1.54, 1.807) is 7.11 Å². The standard InChI is InChI=1S/C17H24N2O3/c1-3-15(20)19-14-7-5-13(6-8-14)17(9-10-17)16(21)18-11-4-12-22-2/h5-8H,3-4,9-12H2,1-2H3,(H,18,21)(H,19,20). The summed E-state index contributed by atoms with van der Waals surface area (Å²) in [5.41, 5.74) is 1.42. The van der Waals surface area contributed by atoms with Crippen LogP contribution in [0.5, 0.6) is 0 Å². The van der Waals surface area contributed by atoms with Crippen LogP contribution in [-0.2, 0) is 19.7 Å². The van der Waals surface area contributed by atoms with Gasteiger partial charge in [-0.25, -0.2) is 0 Å². The van der Waals surface area contributed by atoms with Crippen molar-refractivity contribution in [3.05, 3.63) is 29.8 Å². The molecule has 1 fully saturated rings. The van der Waals surface area contributed by atoms with Crippen LogP contribution in [0.15, 0.2) is 24.3 Å². The van der Waals surface area contributed by atoms with Crippen LogP contribution < -0.4 is 10.6 Å². The van der Waals surface area contributed by atoms with E-state index in [4.69, 9.17) is 4.74 Å². The first-order chi connectivity index (χ1) is 10.6. The number of carbonyl (C=O) groups is 2. The van der Waals surface area contributed by atoms with E-state index in [9.17, 15) is 9.59 Å². The van der Waals surface area contributed by atoms with Gasteiger partial charge in [-0.05, 0) is 37.0 Å².